The van der Waals surface area contributed by atoms with E-state index in [-0.39, 0.29) is 10.8 Å². The van der Waals surface area contributed by atoms with E-state index < -0.39 is 0 Å². The van der Waals surface area contributed by atoms with E-state index in [2.05, 4.69) is 65.1 Å². The third-order valence-corrected chi connectivity index (χ3v) is 5.47. The van der Waals surface area contributed by atoms with Crippen LogP contribution < -0.4 is 0 Å². The van der Waals surface area contributed by atoms with Crippen molar-refractivity contribution < 1.29 is 0 Å². The third-order valence-electron chi connectivity index (χ3n) is 5.47. The zero-order valence-electron chi connectivity index (χ0n) is 15.9. The molecule has 128 valence electrons. The standard InChI is InChI=1S/C22H35N/c1-6-8-11-19(12-9-7-2)22(5)16-18-15-21(3,4)14-10-13-20(18)23-17-22/h10,13-15,17,19H,6-9,11-12,16H2,1-5H3. The molecule has 1 heterocycles. The van der Waals surface area contributed by atoms with Gasteiger partial charge < -0.3 is 0 Å². The molecule has 0 aromatic carbocycles. The Bertz CT molecular complexity index is 510. The highest BCUT2D eigenvalue weighted by atomic mass is 14.8. The summed E-state index contributed by atoms with van der Waals surface area (Å²) in [5.74, 6) is 0.757. The minimum atomic E-state index is 0.129. The molecule has 0 radical (unpaired) electrons. The van der Waals surface area contributed by atoms with Gasteiger partial charge in [-0.3, -0.25) is 4.99 Å². The fraction of sp³-hybridized carbons (Fsp3) is 0.682. The van der Waals surface area contributed by atoms with Crippen LogP contribution in [0.1, 0.15) is 79.6 Å². The quantitative estimate of drug-likeness (QED) is 0.486. The van der Waals surface area contributed by atoms with Crippen molar-refractivity contribution in [3.8, 4) is 0 Å². The van der Waals surface area contributed by atoms with E-state index in [0.29, 0.717) is 0 Å². The Morgan fingerprint density at radius 2 is 1.74 bits per heavy atom. The first-order chi connectivity index (χ1) is 10.9. The average Bonchev–Trinajstić information content (AvgIpc) is 2.63. The lowest BCUT2D eigenvalue weighted by Crippen LogP contribution is -2.32. The molecule has 0 aromatic rings. The summed E-state index contributed by atoms with van der Waals surface area (Å²) >= 11 is 0. The summed E-state index contributed by atoms with van der Waals surface area (Å²) in [6.07, 6.45) is 20.4. The molecule has 0 N–H and O–H groups in total. The summed E-state index contributed by atoms with van der Waals surface area (Å²) in [4.78, 5) is 4.88. The van der Waals surface area contributed by atoms with Gasteiger partial charge in [0.25, 0.3) is 0 Å². The van der Waals surface area contributed by atoms with E-state index in [1.54, 1.807) is 0 Å². The Morgan fingerprint density at radius 1 is 1.09 bits per heavy atom. The van der Waals surface area contributed by atoms with E-state index in [1.807, 2.05) is 0 Å². The van der Waals surface area contributed by atoms with Gasteiger partial charge in [-0.2, -0.15) is 0 Å². The first-order valence-corrected chi connectivity index (χ1v) is 9.57. The van der Waals surface area contributed by atoms with Crippen LogP contribution in [0.15, 0.2) is 40.6 Å². The Morgan fingerprint density at radius 3 is 2.35 bits per heavy atom. The Kier molecular flexibility index (Phi) is 6.06. The Hall–Kier alpha value is -1.11. The van der Waals surface area contributed by atoms with Crippen LogP contribution in [0.5, 0.6) is 0 Å². The van der Waals surface area contributed by atoms with Crippen LogP contribution >= 0.6 is 0 Å². The summed E-state index contributed by atoms with van der Waals surface area (Å²) in [6, 6.07) is 0. The summed E-state index contributed by atoms with van der Waals surface area (Å²) in [7, 11) is 0. The monoisotopic (exact) mass is 313 g/mol. The maximum absolute atomic E-state index is 4.88. The number of nitrogens with zero attached hydrogens (tertiary/aromatic N) is 1. The van der Waals surface area contributed by atoms with E-state index in [4.69, 9.17) is 4.99 Å². The van der Waals surface area contributed by atoms with E-state index in [9.17, 15) is 0 Å². The molecule has 0 aromatic heterocycles. The van der Waals surface area contributed by atoms with Gasteiger partial charge in [0, 0.05) is 17.0 Å². The average molecular weight is 314 g/mol. The van der Waals surface area contributed by atoms with Crippen molar-refractivity contribution in [2.75, 3.05) is 0 Å². The topological polar surface area (TPSA) is 12.4 Å². The highest BCUT2D eigenvalue weighted by Gasteiger charge is 2.36. The molecule has 1 atom stereocenters. The van der Waals surface area contributed by atoms with Gasteiger partial charge in [0.1, 0.15) is 0 Å². The number of rotatable bonds is 7. The predicted molar refractivity (Wildman–Crippen MR) is 103 cm³/mol. The van der Waals surface area contributed by atoms with E-state index in [0.717, 1.165) is 12.3 Å². The molecule has 1 aliphatic carbocycles. The Balaban J connectivity index is 2.26. The van der Waals surface area contributed by atoms with Gasteiger partial charge >= 0.3 is 0 Å². The molecular formula is C22H35N. The maximum atomic E-state index is 4.88. The molecular weight excluding hydrogens is 278 g/mol. The molecule has 0 saturated heterocycles. The largest absolute Gasteiger partial charge is 0.260 e. The number of fused-ring (bicyclic) bond motifs is 1. The number of unbranched alkanes of at least 4 members (excludes halogenated alkanes) is 2. The summed E-state index contributed by atoms with van der Waals surface area (Å²) in [5, 5.41) is 0. The van der Waals surface area contributed by atoms with Crippen LogP contribution in [-0.4, -0.2) is 6.21 Å². The third kappa shape index (κ3) is 4.68. The number of aliphatic imine (C=N–C) groups is 1. The number of hydrogen-bond acceptors (Lipinski definition) is 1. The van der Waals surface area contributed by atoms with Crippen LogP contribution in [0.4, 0.5) is 0 Å². The Labute approximate surface area is 143 Å². The fourth-order valence-corrected chi connectivity index (χ4v) is 3.96. The second-order valence-electron chi connectivity index (χ2n) is 8.32. The van der Waals surface area contributed by atoms with Crippen molar-refractivity contribution >= 4 is 6.21 Å². The van der Waals surface area contributed by atoms with Gasteiger partial charge in [-0.05, 0) is 36.8 Å². The summed E-state index contributed by atoms with van der Waals surface area (Å²) < 4.78 is 0. The van der Waals surface area contributed by atoms with Crippen LogP contribution in [0.3, 0.4) is 0 Å². The van der Waals surface area contributed by atoms with Crippen molar-refractivity contribution in [3.05, 3.63) is 35.6 Å². The molecule has 0 saturated carbocycles. The van der Waals surface area contributed by atoms with Crippen molar-refractivity contribution in [3.63, 3.8) is 0 Å². The van der Waals surface area contributed by atoms with Crippen LogP contribution in [0, 0.1) is 16.7 Å². The predicted octanol–water partition coefficient (Wildman–Crippen LogP) is 6.87. The molecule has 1 unspecified atom stereocenters. The maximum Gasteiger partial charge on any atom is 0.0655 e. The normalized spacial score (nSPS) is 25.8. The minimum absolute atomic E-state index is 0.129. The highest BCUT2D eigenvalue weighted by molar-refractivity contribution is 5.72. The summed E-state index contributed by atoms with van der Waals surface area (Å²) in [6.45, 7) is 11.6. The molecule has 1 aliphatic heterocycles. The van der Waals surface area contributed by atoms with Gasteiger partial charge in [0.2, 0.25) is 0 Å². The minimum Gasteiger partial charge on any atom is -0.260 e. The first-order valence-electron chi connectivity index (χ1n) is 9.57. The molecule has 2 aliphatic rings. The zero-order chi connectivity index (χ0) is 16.9. The molecule has 23 heavy (non-hydrogen) atoms. The molecule has 2 rings (SSSR count). The molecule has 1 heteroatoms. The molecule has 0 fully saturated rings. The second-order valence-corrected chi connectivity index (χ2v) is 8.32. The smallest absolute Gasteiger partial charge is 0.0655 e. The summed E-state index contributed by atoms with van der Waals surface area (Å²) in [5.41, 5.74) is 2.97. The molecule has 0 bridgehead atoms. The van der Waals surface area contributed by atoms with Gasteiger partial charge in [0.05, 0.1) is 5.70 Å². The van der Waals surface area contributed by atoms with Crippen molar-refractivity contribution in [2.45, 2.75) is 79.6 Å². The lowest BCUT2D eigenvalue weighted by Gasteiger charge is -2.39. The van der Waals surface area contributed by atoms with E-state index >= 15 is 0 Å². The lowest BCUT2D eigenvalue weighted by atomic mass is 9.67. The molecule has 0 amide bonds. The molecule has 1 nitrogen and oxygen atoms in total. The van der Waals surface area contributed by atoms with Gasteiger partial charge in [-0.25, -0.2) is 0 Å². The van der Waals surface area contributed by atoms with Gasteiger partial charge in [0.15, 0.2) is 0 Å². The highest BCUT2D eigenvalue weighted by Crippen LogP contribution is 2.45. The van der Waals surface area contributed by atoms with Crippen molar-refractivity contribution in [1.29, 1.82) is 0 Å². The fourth-order valence-electron chi connectivity index (χ4n) is 3.96. The van der Waals surface area contributed by atoms with Gasteiger partial charge in [-0.15, -0.1) is 0 Å². The van der Waals surface area contributed by atoms with Crippen LogP contribution in [0.2, 0.25) is 0 Å². The number of allylic oxidation sites excluding steroid dienone is 5. The molecule has 0 spiro atoms. The van der Waals surface area contributed by atoms with Crippen LogP contribution in [-0.2, 0) is 0 Å². The van der Waals surface area contributed by atoms with Gasteiger partial charge in [-0.1, -0.05) is 78.5 Å². The first kappa shape index (κ1) is 18.2. The SMILES string of the molecule is CCCCC(CCCC)C1(C)C=NC2=CC=CC(C)(C)C=C2C1. The lowest BCUT2D eigenvalue weighted by molar-refractivity contribution is 0.239. The van der Waals surface area contributed by atoms with E-state index in [1.165, 1.54) is 49.8 Å². The number of hydrogen-bond donors (Lipinski definition) is 0. The van der Waals surface area contributed by atoms with Crippen molar-refractivity contribution in [1.82, 2.24) is 0 Å². The van der Waals surface area contributed by atoms with Crippen LogP contribution in [0.25, 0.3) is 0 Å². The zero-order valence-corrected chi connectivity index (χ0v) is 15.9. The second kappa shape index (κ2) is 7.64. The van der Waals surface area contributed by atoms with Crippen molar-refractivity contribution in [2.24, 2.45) is 21.7 Å².